The number of thioether (sulfide) groups is 1. The standard InChI is InChI=1S/C22H22N2O5S2/c1-4-12-24-21(26)20(14-16-8-11-18(25)19(13-16)29-3)30-22(24)23-31(27,28)17-9-6-15(5-2)7-10-17/h4,6-11,13-14,25H,1,5,12H2,2-3H3. The number of methoxy groups -OCH3 is 1. The first-order chi connectivity index (χ1) is 14.8. The van der Waals surface area contributed by atoms with E-state index in [1.165, 1.54) is 36.3 Å². The van der Waals surface area contributed by atoms with E-state index in [1.807, 2.05) is 6.92 Å². The minimum absolute atomic E-state index is 0.0224. The van der Waals surface area contributed by atoms with Gasteiger partial charge in [0, 0.05) is 6.54 Å². The Morgan fingerprint density at radius 1 is 1.23 bits per heavy atom. The van der Waals surface area contributed by atoms with Crippen LogP contribution in [-0.2, 0) is 21.2 Å². The van der Waals surface area contributed by atoms with Crippen molar-refractivity contribution in [1.29, 1.82) is 0 Å². The zero-order valence-corrected chi connectivity index (χ0v) is 18.7. The summed E-state index contributed by atoms with van der Waals surface area (Å²) in [4.78, 5) is 14.5. The molecule has 9 heteroatoms. The molecule has 1 saturated heterocycles. The SMILES string of the molecule is C=CCN1C(=O)C(=Cc2ccc(O)c(OC)c2)SC1=NS(=O)(=O)c1ccc(CC)cc1. The second-order valence-corrected chi connectivity index (χ2v) is 9.21. The van der Waals surface area contributed by atoms with Crippen LogP contribution in [0, 0.1) is 0 Å². The highest BCUT2D eigenvalue weighted by Crippen LogP contribution is 2.35. The van der Waals surface area contributed by atoms with Crippen LogP contribution in [0.2, 0.25) is 0 Å². The molecule has 162 valence electrons. The van der Waals surface area contributed by atoms with Crippen molar-refractivity contribution in [3.63, 3.8) is 0 Å². The summed E-state index contributed by atoms with van der Waals surface area (Å²) < 4.78 is 34.6. The lowest BCUT2D eigenvalue weighted by Crippen LogP contribution is -2.29. The number of carbonyl (C=O) groups excluding carboxylic acids is 1. The molecule has 1 aliphatic rings. The number of amides is 1. The van der Waals surface area contributed by atoms with Crippen LogP contribution < -0.4 is 4.74 Å². The average Bonchev–Trinajstić information content (AvgIpc) is 3.03. The van der Waals surface area contributed by atoms with E-state index in [1.54, 1.807) is 30.3 Å². The van der Waals surface area contributed by atoms with Gasteiger partial charge in [-0.2, -0.15) is 8.42 Å². The molecule has 3 rings (SSSR count). The molecule has 2 aromatic carbocycles. The third-order valence-electron chi connectivity index (χ3n) is 4.53. The van der Waals surface area contributed by atoms with Gasteiger partial charge in [-0.05, 0) is 59.7 Å². The normalized spacial score (nSPS) is 16.8. The van der Waals surface area contributed by atoms with Gasteiger partial charge in [-0.25, -0.2) is 0 Å². The van der Waals surface area contributed by atoms with Crippen LogP contribution in [0.3, 0.4) is 0 Å². The maximum Gasteiger partial charge on any atom is 0.284 e. The molecule has 0 atom stereocenters. The van der Waals surface area contributed by atoms with E-state index in [2.05, 4.69) is 11.0 Å². The molecule has 1 N–H and O–H groups in total. The zero-order chi connectivity index (χ0) is 22.6. The summed E-state index contributed by atoms with van der Waals surface area (Å²) in [5.41, 5.74) is 1.63. The summed E-state index contributed by atoms with van der Waals surface area (Å²) in [5.74, 6) is -0.141. The summed E-state index contributed by atoms with van der Waals surface area (Å²) in [5, 5.41) is 9.80. The Kier molecular flexibility index (Phi) is 6.87. The summed E-state index contributed by atoms with van der Waals surface area (Å²) in [7, 11) is -2.57. The van der Waals surface area contributed by atoms with Crippen molar-refractivity contribution in [3.8, 4) is 11.5 Å². The van der Waals surface area contributed by atoms with Crippen molar-refractivity contribution < 1.29 is 23.1 Å². The smallest absolute Gasteiger partial charge is 0.284 e. The topological polar surface area (TPSA) is 96.3 Å². The van der Waals surface area contributed by atoms with E-state index in [0.29, 0.717) is 10.5 Å². The van der Waals surface area contributed by atoms with Gasteiger partial charge in [0.2, 0.25) is 0 Å². The number of hydrogen-bond acceptors (Lipinski definition) is 6. The Labute approximate surface area is 185 Å². The number of sulfonamides is 1. The first-order valence-electron chi connectivity index (χ1n) is 9.42. The van der Waals surface area contributed by atoms with E-state index in [9.17, 15) is 18.3 Å². The van der Waals surface area contributed by atoms with Crippen LogP contribution in [0.25, 0.3) is 6.08 Å². The van der Waals surface area contributed by atoms with Crippen molar-refractivity contribution in [2.24, 2.45) is 4.40 Å². The van der Waals surface area contributed by atoms with Gasteiger partial charge in [-0.3, -0.25) is 9.69 Å². The molecule has 31 heavy (non-hydrogen) atoms. The van der Waals surface area contributed by atoms with E-state index >= 15 is 0 Å². The fourth-order valence-corrected chi connectivity index (χ4v) is 5.04. The van der Waals surface area contributed by atoms with Gasteiger partial charge in [0.15, 0.2) is 16.7 Å². The molecule has 0 aromatic heterocycles. The van der Waals surface area contributed by atoms with E-state index in [4.69, 9.17) is 4.74 Å². The maximum atomic E-state index is 12.9. The molecule has 0 aliphatic carbocycles. The number of amidine groups is 1. The molecule has 0 radical (unpaired) electrons. The summed E-state index contributed by atoms with van der Waals surface area (Å²) in [6, 6.07) is 11.2. The molecule has 2 aromatic rings. The zero-order valence-electron chi connectivity index (χ0n) is 17.1. The number of ether oxygens (including phenoxy) is 1. The molecule has 0 spiro atoms. The Balaban J connectivity index is 1.98. The molecular weight excluding hydrogens is 436 g/mol. The molecule has 1 heterocycles. The second kappa shape index (κ2) is 9.40. The number of aromatic hydroxyl groups is 1. The molecule has 0 unspecified atom stereocenters. The van der Waals surface area contributed by atoms with Crippen LogP contribution in [0.5, 0.6) is 11.5 Å². The van der Waals surface area contributed by atoms with Gasteiger partial charge in [-0.1, -0.05) is 31.2 Å². The quantitative estimate of drug-likeness (QED) is 0.501. The molecule has 0 bridgehead atoms. The number of phenols is 1. The van der Waals surface area contributed by atoms with Crippen LogP contribution in [-0.4, -0.2) is 43.2 Å². The first-order valence-corrected chi connectivity index (χ1v) is 11.7. The monoisotopic (exact) mass is 458 g/mol. The number of hydrogen-bond donors (Lipinski definition) is 1. The maximum absolute atomic E-state index is 12.9. The third kappa shape index (κ3) is 5.00. The number of phenolic OH excluding ortho intramolecular Hbond substituents is 1. The predicted octanol–water partition coefficient (Wildman–Crippen LogP) is 3.81. The van der Waals surface area contributed by atoms with Gasteiger partial charge in [0.05, 0.1) is 16.9 Å². The molecule has 1 amide bonds. The average molecular weight is 459 g/mol. The number of benzene rings is 2. The predicted molar refractivity (Wildman–Crippen MR) is 123 cm³/mol. The van der Waals surface area contributed by atoms with Gasteiger partial charge < -0.3 is 9.84 Å². The highest BCUT2D eigenvalue weighted by molar-refractivity contribution is 8.19. The Morgan fingerprint density at radius 3 is 2.55 bits per heavy atom. The third-order valence-corrected chi connectivity index (χ3v) is 6.93. The van der Waals surface area contributed by atoms with Crippen LogP contribution >= 0.6 is 11.8 Å². The van der Waals surface area contributed by atoms with Crippen molar-refractivity contribution in [1.82, 2.24) is 4.90 Å². The van der Waals surface area contributed by atoms with E-state index < -0.39 is 10.0 Å². The largest absolute Gasteiger partial charge is 0.504 e. The van der Waals surface area contributed by atoms with Crippen LogP contribution in [0.1, 0.15) is 18.1 Å². The molecule has 1 fully saturated rings. The Bertz CT molecular complexity index is 1170. The van der Waals surface area contributed by atoms with E-state index in [-0.39, 0.29) is 34.0 Å². The summed E-state index contributed by atoms with van der Waals surface area (Å²) >= 11 is 0.966. The number of rotatable bonds is 7. The number of carbonyl (C=O) groups is 1. The fraction of sp³-hybridized carbons (Fsp3) is 0.182. The summed E-state index contributed by atoms with van der Waals surface area (Å²) in [6.07, 6.45) is 3.89. The Morgan fingerprint density at radius 2 is 1.94 bits per heavy atom. The van der Waals surface area contributed by atoms with Gasteiger partial charge in [-0.15, -0.1) is 11.0 Å². The number of aryl methyl sites for hydroxylation is 1. The Hall–Kier alpha value is -3.04. The number of nitrogens with zero attached hydrogens (tertiary/aromatic N) is 2. The lowest BCUT2D eigenvalue weighted by Gasteiger charge is -2.12. The van der Waals surface area contributed by atoms with Crippen molar-refractivity contribution in [2.75, 3.05) is 13.7 Å². The molecule has 1 aliphatic heterocycles. The van der Waals surface area contributed by atoms with Gasteiger partial charge in [0.25, 0.3) is 15.9 Å². The van der Waals surface area contributed by atoms with Crippen LogP contribution in [0.4, 0.5) is 0 Å². The minimum atomic E-state index is -4.00. The summed E-state index contributed by atoms with van der Waals surface area (Å²) in [6.45, 7) is 5.73. The van der Waals surface area contributed by atoms with Crippen LogP contribution in [0.15, 0.2) is 69.3 Å². The highest BCUT2D eigenvalue weighted by Gasteiger charge is 2.34. The highest BCUT2D eigenvalue weighted by atomic mass is 32.2. The van der Waals surface area contributed by atoms with E-state index in [0.717, 1.165) is 23.7 Å². The van der Waals surface area contributed by atoms with Crippen molar-refractivity contribution in [2.45, 2.75) is 18.2 Å². The molecule has 7 nitrogen and oxygen atoms in total. The van der Waals surface area contributed by atoms with Gasteiger partial charge >= 0.3 is 0 Å². The minimum Gasteiger partial charge on any atom is -0.504 e. The van der Waals surface area contributed by atoms with Gasteiger partial charge in [0.1, 0.15) is 0 Å². The van der Waals surface area contributed by atoms with Crippen molar-refractivity contribution >= 4 is 38.9 Å². The first kappa shape index (κ1) is 22.6. The molecule has 0 saturated carbocycles. The second-order valence-electron chi connectivity index (χ2n) is 6.59. The lowest BCUT2D eigenvalue weighted by molar-refractivity contribution is -0.121. The fourth-order valence-electron chi connectivity index (χ4n) is 2.85. The lowest BCUT2D eigenvalue weighted by atomic mass is 10.2. The van der Waals surface area contributed by atoms with Crippen molar-refractivity contribution in [3.05, 3.63) is 71.2 Å². The molecular formula is C22H22N2O5S2.